The summed E-state index contributed by atoms with van der Waals surface area (Å²) < 4.78 is 43.6. The topological polar surface area (TPSA) is 101 Å². The molecule has 0 unspecified atom stereocenters. The van der Waals surface area contributed by atoms with Gasteiger partial charge in [-0.1, -0.05) is 18.2 Å². The number of benzene rings is 1. The molecular formula is C30H31F3N6O3. The van der Waals surface area contributed by atoms with Gasteiger partial charge in [-0.15, -0.1) is 5.10 Å². The van der Waals surface area contributed by atoms with E-state index in [2.05, 4.69) is 37.5 Å². The number of ether oxygens (including phenoxy) is 1. The van der Waals surface area contributed by atoms with Crippen LogP contribution in [0.25, 0.3) is 0 Å². The van der Waals surface area contributed by atoms with Crippen LogP contribution >= 0.6 is 0 Å². The van der Waals surface area contributed by atoms with Gasteiger partial charge in [-0.05, 0) is 49.1 Å². The third kappa shape index (κ3) is 5.62. The standard InChI is InChI=1S/C30H31F3N6O3/c1-20(40)38-13-12-28(17-38)18-39(19-28)23-5-2-21(3-6-23)14-35-27(41)29(10-11-29)24-8-9-26(37-36-24)42-16-22-4-7-25(34-15-22)30(31,32)33/h2-9,15H,10-14,16-19H2,1H3,(H,35,41). The molecule has 4 heterocycles. The fourth-order valence-electron chi connectivity index (χ4n) is 5.80. The summed E-state index contributed by atoms with van der Waals surface area (Å²) in [6, 6.07) is 13.7. The lowest BCUT2D eigenvalue weighted by Crippen LogP contribution is -2.57. The van der Waals surface area contributed by atoms with Crippen molar-refractivity contribution in [3.8, 4) is 5.88 Å². The van der Waals surface area contributed by atoms with Crippen LogP contribution in [-0.2, 0) is 34.3 Å². The Balaban J connectivity index is 0.979. The number of carbonyl (C=O) groups excluding carboxylic acids is 2. The van der Waals surface area contributed by atoms with Crippen molar-refractivity contribution in [2.24, 2.45) is 5.41 Å². The minimum Gasteiger partial charge on any atom is -0.472 e. The van der Waals surface area contributed by atoms with Crippen LogP contribution in [0, 0.1) is 5.41 Å². The molecule has 12 heteroatoms. The lowest BCUT2D eigenvalue weighted by Gasteiger charge is -2.49. The van der Waals surface area contributed by atoms with Crippen LogP contribution in [0.15, 0.2) is 54.7 Å². The van der Waals surface area contributed by atoms with Gasteiger partial charge in [0.25, 0.3) is 0 Å². The first kappa shape index (κ1) is 27.9. The molecule has 3 fully saturated rings. The summed E-state index contributed by atoms with van der Waals surface area (Å²) in [5.41, 5.74) is 1.69. The fourth-order valence-corrected chi connectivity index (χ4v) is 5.80. The van der Waals surface area contributed by atoms with Gasteiger partial charge in [-0.25, -0.2) is 0 Å². The number of alkyl halides is 3. The van der Waals surface area contributed by atoms with Crippen LogP contribution in [0.4, 0.5) is 18.9 Å². The Morgan fingerprint density at radius 2 is 1.69 bits per heavy atom. The minimum absolute atomic E-state index is 0.0132. The van der Waals surface area contributed by atoms with E-state index < -0.39 is 17.3 Å². The van der Waals surface area contributed by atoms with E-state index in [-0.39, 0.29) is 29.7 Å². The van der Waals surface area contributed by atoms with Crippen LogP contribution in [0.3, 0.4) is 0 Å². The van der Waals surface area contributed by atoms with E-state index in [0.29, 0.717) is 30.6 Å². The van der Waals surface area contributed by atoms with Gasteiger partial charge < -0.3 is 19.9 Å². The normalized spacial score (nSPS) is 18.5. The summed E-state index contributed by atoms with van der Waals surface area (Å²) in [5, 5.41) is 11.3. The lowest BCUT2D eigenvalue weighted by atomic mass is 9.78. The molecule has 2 aromatic heterocycles. The predicted octanol–water partition coefficient (Wildman–Crippen LogP) is 3.88. The van der Waals surface area contributed by atoms with Crippen LogP contribution in [0.1, 0.15) is 48.7 Å². The van der Waals surface area contributed by atoms with E-state index in [1.807, 2.05) is 17.0 Å². The maximum Gasteiger partial charge on any atom is 0.433 e. The van der Waals surface area contributed by atoms with E-state index in [1.165, 1.54) is 6.07 Å². The summed E-state index contributed by atoms with van der Waals surface area (Å²) >= 11 is 0. The molecule has 2 aliphatic heterocycles. The van der Waals surface area contributed by atoms with Crippen molar-refractivity contribution in [2.45, 2.75) is 50.9 Å². The number of amides is 2. The van der Waals surface area contributed by atoms with Crippen molar-refractivity contribution < 1.29 is 27.5 Å². The number of pyridine rings is 1. The average Bonchev–Trinajstić information content (AvgIpc) is 3.65. The van der Waals surface area contributed by atoms with Crippen molar-refractivity contribution in [3.63, 3.8) is 0 Å². The first-order chi connectivity index (χ1) is 20.1. The number of aromatic nitrogens is 3. The number of hydrogen-bond donors (Lipinski definition) is 1. The average molecular weight is 581 g/mol. The van der Waals surface area contributed by atoms with Gasteiger partial charge in [0.05, 0.1) is 11.1 Å². The maximum atomic E-state index is 13.1. The van der Waals surface area contributed by atoms with E-state index in [0.717, 1.165) is 56.1 Å². The fraction of sp³-hybridized carbons (Fsp3) is 0.433. The molecule has 2 saturated heterocycles. The smallest absolute Gasteiger partial charge is 0.433 e. The van der Waals surface area contributed by atoms with E-state index in [4.69, 9.17) is 4.74 Å². The molecule has 42 heavy (non-hydrogen) atoms. The highest BCUT2D eigenvalue weighted by Gasteiger charge is 2.53. The number of nitrogens with one attached hydrogen (secondary N) is 1. The molecule has 3 aliphatic rings. The number of carbonyl (C=O) groups is 2. The molecule has 0 bridgehead atoms. The molecule has 1 aromatic carbocycles. The van der Waals surface area contributed by atoms with Crippen LogP contribution in [0.2, 0.25) is 0 Å². The molecule has 1 N–H and O–H groups in total. The summed E-state index contributed by atoms with van der Waals surface area (Å²) in [6.45, 7) is 5.60. The summed E-state index contributed by atoms with van der Waals surface area (Å²) in [7, 11) is 0. The highest BCUT2D eigenvalue weighted by molar-refractivity contribution is 5.90. The number of halogens is 3. The highest BCUT2D eigenvalue weighted by atomic mass is 19.4. The van der Waals surface area contributed by atoms with E-state index in [9.17, 15) is 22.8 Å². The second-order valence-electron chi connectivity index (χ2n) is 11.6. The Morgan fingerprint density at radius 1 is 0.952 bits per heavy atom. The minimum atomic E-state index is -4.49. The zero-order valence-electron chi connectivity index (χ0n) is 23.2. The summed E-state index contributed by atoms with van der Waals surface area (Å²) in [5.74, 6) is 0.244. The van der Waals surface area contributed by atoms with Crippen molar-refractivity contribution in [1.82, 2.24) is 25.4 Å². The van der Waals surface area contributed by atoms with Crippen LogP contribution < -0.4 is 15.0 Å². The van der Waals surface area contributed by atoms with Gasteiger partial charge in [0.1, 0.15) is 12.3 Å². The largest absolute Gasteiger partial charge is 0.472 e. The van der Waals surface area contributed by atoms with Crippen molar-refractivity contribution >= 4 is 17.5 Å². The first-order valence-electron chi connectivity index (χ1n) is 13.9. The van der Waals surface area contributed by atoms with Crippen LogP contribution in [-0.4, -0.2) is 58.1 Å². The molecular weight excluding hydrogens is 549 g/mol. The molecule has 9 nitrogen and oxygen atoms in total. The van der Waals surface area contributed by atoms with Crippen molar-refractivity contribution in [1.29, 1.82) is 0 Å². The van der Waals surface area contributed by atoms with E-state index >= 15 is 0 Å². The Bertz CT molecular complexity index is 1450. The number of hydrogen-bond acceptors (Lipinski definition) is 7. The molecule has 3 aromatic rings. The van der Waals surface area contributed by atoms with Gasteiger partial charge in [0.15, 0.2) is 0 Å². The SMILES string of the molecule is CC(=O)N1CCC2(C1)CN(c1ccc(CNC(=O)C3(c4ccc(OCc5ccc(C(F)(F)F)nc5)nn4)CC3)cc1)C2. The predicted molar refractivity (Wildman–Crippen MR) is 146 cm³/mol. The summed E-state index contributed by atoms with van der Waals surface area (Å²) in [4.78, 5) is 32.5. The molecule has 220 valence electrons. The Hall–Kier alpha value is -4.22. The molecule has 0 radical (unpaired) electrons. The third-order valence-corrected chi connectivity index (χ3v) is 8.51. The molecule has 2 amide bonds. The lowest BCUT2D eigenvalue weighted by molar-refractivity contribution is -0.141. The molecule has 1 spiro atoms. The third-order valence-electron chi connectivity index (χ3n) is 8.51. The quantitative estimate of drug-likeness (QED) is 0.432. The van der Waals surface area contributed by atoms with Gasteiger partial charge in [0, 0.05) is 68.6 Å². The van der Waals surface area contributed by atoms with Gasteiger partial charge in [-0.2, -0.15) is 18.3 Å². The molecule has 6 rings (SSSR count). The number of rotatable bonds is 8. The second-order valence-corrected chi connectivity index (χ2v) is 11.6. The highest BCUT2D eigenvalue weighted by Crippen LogP contribution is 2.47. The number of likely N-dealkylation sites (tertiary alicyclic amines) is 1. The molecule has 0 atom stereocenters. The first-order valence-corrected chi connectivity index (χ1v) is 13.9. The zero-order valence-corrected chi connectivity index (χ0v) is 23.2. The van der Waals surface area contributed by atoms with Gasteiger partial charge >= 0.3 is 6.18 Å². The maximum absolute atomic E-state index is 13.1. The number of anilines is 1. The monoisotopic (exact) mass is 580 g/mol. The van der Waals surface area contributed by atoms with Crippen LogP contribution in [0.5, 0.6) is 5.88 Å². The van der Waals surface area contributed by atoms with Gasteiger partial charge in [0.2, 0.25) is 17.7 Å². The molecule has 1 aliphatic carbocycles. The van der Waals surface area contributed by atoms with E-state index in [1.54, 1.807) is 19.1 Å². The van der Waals surface area contributed by atoms with Gasteiger partial charge in [-0.3, -0.25) is 14.6 Å². The Labute approximate surface area is 241 Å². The number of nitrogens with zero attached hydrogens (tertiary/aromatic N) is 5. The van der Waals surface area contributed by atoms with Crippen molar-refractivity contribution in [2.75, 3.05) is 31.1 Å². The second kappa shape index (κ2) is 10.6. The summed E-state index contributed by atoms with van der Waals surface area (Å²) in [6.07, 6.45) is -0.993. The zero-order chi connectivity index (χ0) is 29.5. The molecule has 1 saturated carbocycles. The Kier molecular flexibility index (Phi) is 7.02. The van der Waals surface area contributed by atoms with Crippen molar-refractivity contribution in [3.05, 3.63) is 77.2 Å². The Morgan fingerprint density at radius 3 is 2.26 bits per heavy atom.